The molecule has 212 valence electrons. The molecular formula is C30H41NO7Si. The van der Waals surface area contributed by atoms with Crippen LogP contribution in [-0.4, -0.2) is 59.3 Å². The first-order valence-electron chi connectivity index (χ1n) is 13.0. The van der Waals surface area contributed by atoms with E-state index in [2.05, 4.69) is 39.2 Å². The average molecular weight is 556 g/mol. The van der Waals surface area contributed by atoms with Gasteiger partial charge in [-0.15, -0.1) is 0 Å². The van der Waals surface area contributed by atoms with E-state index in [0.29, 0.717) is 12.2 Å². The highest BCUT2D eigenvalue weighted by molar-refractivity contribution is 6.74. The van der Waals surface area contributed by atoms with Gasteiger partial charge in [-0.3, -0.25) is 4.79 Å². The van der Waals surface area contributed by atoms with Crippen molar-refractivity contribution in [2.45, 2.75) is 63.8 Å². The summed E-state index contributed by atoms with van der Waals surface area (Å²) in [7, 11) is 0.471. The van der Waals surface area contributed by atoms with Crippen molar-refractivity contribution in [3.63, 3.8) is 0 Å². The smallest absolute Gasteiger partial charge is 0.337 e. The van der Waals surface area contributed by atoms with E-state index in [9.17, 15) is 9.59 Å². The molecule has 0 aliphatic carbocycles. The number of methoxy groups -OCH3 is 2. The van der Waals surface area contributed by atoms with Crippen LogP contribution in [0.15, 0.2) is 66.2 Å². The van der Waals surface area contributed by atoms with Crippen molar-refractivity contribution in [3.05, 3.63) is 77.4 Å². The summed E-state index contributed by atoms with van der Waals surface area (Å²) in [5, 5.41) is 2.71. The van der Waals surface area contributed by atoms with E-state index >= 15 is 0 Å². The van der Waals surface area contributed by atoms with Gasteiger partial charge in [-0.25, -0.2) is 4.79 Å². The van der Waals surface area contributed by atoms with Gasteiger partial charge in [0.1, 0.15) is 11.9 Å². The molecule has 8 nitrogen and oxygen atoms in total. The molecule has 1 heterocycles. The predicted molar refractivity (Wildman–Crippen MR) is 152 cm³/mol. The standard InChI is InChI=1S/C30H41NO7Si/c1-29(2,3)39(6,7)38-26-25(17-18-36-19-23-13-15-24(34-4)16-14-23)27(32)31-30(26,28(33)35-5)21-37-20-22-11-9-8-10-12-22/h8-17,26H,18-21H2,1-7H3,(H,31,32)/b25-17+/t26-,30+/m0/s1. The first kappa shape index (κ1) is 30.6. The molecule has 0 unspecified atom stereocenters. The molecule has 0 aromatic heterocycles. The van der Waals surface area contributed by atoms with E-state index < -0.39 is 31.8 Å². The van der Waals surface area contributed by atoms with Crippen molar-refractivity contribution in [1.82, 2.24) is 5.32 Å². The lowest BCUT2D eigenvalue weighted by molar-refractivity contribution is -0.156. The van der Waals surface area contributed by atoms with E-state index in [0.717, 1.165) is 16.9 Å². The van der Waals surface area contributed by atoms with Gasteiger partial charge in [0.2, 0.25) is 0 Å². The summed E-state index contributed by atoms with van der Waals surface area (Å²) < 4.78 is 29.0. The molecule has 2 aromatic rings. The molecular weight excluding hydrogens is 514 g/mol. The third kappa shape index (κ3) is 7.36. The number of ether oxygens (including phenoxy) is 4. The highest BCUT2D eigenvalue weighted by atomic mass is 28.4. The Labute approximate surface area is 232 Å². The third-order valence-corrected chi connectivity index (χ3v) is 11.8. The Morgan fingerprint density at radius 3 is 2.18 bits per heavy atom. The van der Waals surface area contributed by atoms with E-state index in [4.69, 9.17) is 23.4 Å². The Hall–Kier alpha value is -2.98. The van der Waals surface area contributed by atoms with Crippen LogP contribution in [0.3, 0.4) is 0 Å². The van der Waals surface area contributed by atoms with Crippen LogP contribution >= 0.6 is 0 Å². The molecule has 39 heavy (non-hydrogen) atoms. The fraction of sp³-hybridized carbons (Fsp3) is 0.467. The van der Waals surface area contributed by atoms with Crippen molar-refractivity contribution in [2.75, 3.05) is 27.4 Å². The number of esters is 1. The minimum atomic E-state index is -2.45. The molecule has 2 aromatic carbocycles. The summed E-state index contributed by atoms with van der Waals surface area (Å²) in [4.78, 5) is 26.7. The lowest BCUT2D eigenvalue weighted by Gasteiger charge is -2.42. The predicted octanol–water partition coefficient (Wildman–Crippen LogP) is 4.79. The first-order valence-corrected chi connectivity index (χ1v) is 16.0. The van der Waals surface area contributed by atoms with Gasteiger partial charge in [-0.05, 0) is 47.5 Å². The molecule has 0 bridgehead atoms. The number of carbonyl (C=O) groups excluding carboxylic acids is 2. The van der Waals surface area contributed by atoms with Crippen LogP contribution in [0.1, 0.15) is 31.9 Å². The van der Waals surface area contributed by atoms with E-state index in [1.165, 1.54) is 7.11 Å². The molecule has 9 heteroatoms. The van der Waals surface area contributed by atoms with Crippen molar-refractivity contribution in [2.24, 2.45) is 0 Å². The van der Waals surface area contributed by atoms with Crippen LogP contribution < -0.4 is 10.1 Å². The molecule has 2 atom stereocenters. The molecule has 1 aliphatic rings. The minimum Gasteiger partial charge on any atom is -0.497 e. The maximum Gasteiger partial charge on any atom is 0.337 e. The van der Waals surface area contributed by atoms with Crippen molar-refractivity contribution < 1.29 is 33.0 Å². The zero-order valence-corrected chi connectivity index (χ0v) is 25.0. The van der Waals surface area contributed by atoms with E-state index in [1.807, 2.05) is 54.6 Å². The van der Waals surface area contributed by atoms with Gasteiger partial charge >= 0.3 is 5.97 Å². The highest BCUT2D eigenvalue weighted by Gasteiger charge is 2.59. The maximum absolute atomic E-state index is 13.3. The Morgan fingerprint density at radius 2 is 1.59 bits per heavy atom. The lowest BCUT2D eigenvalue weighted by Crippen LogP contribution is -2.62. The fourth-order valence-electron chi connectivity index (χ4n) is 4.02. The second kappa shape index (κ2) is 12.9. The minimum absolute atomic E-state index is 0.107. The highest BCUT2D eigenvalue weighted by Crippen LogP contribution is 2.41. The summed E-state index contributed by atoms with van der Waals surface area (Å²) in [6, 6.07) is 17.2. The number of rotatable bonds is 12. The monoisotopic (exact) mass is 555 g/mol. The molecule has 1 fully saturated rings. The van der Waals surface area contributed by atoms with Gasteiger partial charge in [0.15, 0.2) is 13.9 Å². The zero-order valence-electron chi connectivity index (χ0n) is 24.0. The number of hydrogen-bond acceptors (Lipinski definition) is 7. The molecule has 1 aliphatic heterocycles. The van der Waals surface area contributed by atoms with E-state index in [1.54, 1.807) is 13.2 Å². The van der Waals surface area contributed by atoms with Crippen LogP contribution in [0, 0.1) is 0 Å². The van der Waals surface area contributed by atoms with Gasteiger partial charge < -0.3 is 28.7 Å². The topological polar surface area (TPSA) is 92.3 Å². The zero-order chi connectivity index (χ0) is 28.7. The van der Waals surface area contributed by atoms with Crippen LogP contribution in [0.4, 0.5) is 0 Å². The lowest BCUT2D eigenvalue weighted by atomic mass is 9.92. The van der Waals surface area contributed by atoms with E-state index in [-0.39, 0.29) is 24.9 Å². The molecule has 3 rings (SSSR count). The van der Waals surface area contributed by atoms with Crippen LogP contribution in [0.25, 0.3) is 0 Å². The Balaban J connectivity index is 1.86. The van der Waals surface area contributed by atoms with Gasteiger partial charge in [-0.1, -0.05) is 63.2 Å². The Bertz CT molecular complexity index is 1140. The van der Waals surface area contributed by atoms with Crippen LogP contribution in [0.5, 0.6) is 5.75 Å². The van der Waals surface area contributed by atoms with Gasteiger partial charge in [0.05, 0.1) is 40.6 Å². The van der Waals surface area contributed by atoms with Crippen LogP contribution in [-0.2, 0) is 41.4 Å². The maximum atomic E-state index is 13.3. The summed E-state index contributed by atoms with van der Waals surface area (Å²) in [5.74, 6) is -0.251. The van der Waals surface area contributed by atoms with Gasteiger partial charge in [0.25, 0.3) is 5.91 Å². The number of benzene rings is 2. The summed E-state index contributed by atoms with van der Waals surface area (Å²) in [6.45, 7) is 11.2. The number of amides is 1. The molecule has 1 N–H and O–H groups in total. The van der Waals surface area contributed by atoms with Crippen LogP contribution in [0.2, 0.25) is 18.1 Å². The first-order chi connectivity index (χ1) is 18.4. The van der Waals surface area contributed by atoms with Gasteiger partial charge in [0, 0.05) is 5.57 Å². The Morgan fingerprint density at radius 1 is 0.974 bits per heavy atom. The number of nitrogens with one attached hydrogen (secondary N) is 1. The number of carbonyl (C=O) groups is 2. The fourth-order valence-corrected chi connectivity index (χ4v) is 5.29. The molecule has 1 saturated heterocycles. The molecule has 0 spiro atoms. The quantitative estimate of drug-likeness (QED) is 0.174. The largest absolute Gasteiger partial charge is 0.497 e. The van der Waals surface area contributed by atoms with Gasteiger partial charge in [-0.2, -0.15) is 0 Å². The number of hydrogen-bond donors (Lipinski definition) is 1. The summed E-state index contributed by atoms with van der Waals surface area (Å²) in [5.41, 5.74) is 0.727. The summed E-state index contributed by atoms with van der Waals surface area (Å²) in [6.07, 6.45) is 0.789. The normalized spacial score (nSPS) is 20.6. The summed E-state index contributed by atoms with van der Waals surface area (Å²) >= 11 is 0. The third-order valence-electron chi connectivity index (χ3n) is 7.39. The SMILES string of the molecule is COC(=O)[C@]1(COCc2ccccc2)NC(=O)/C(=C/COCc2ccc(OC)cc2)[C@@H]1O[Si](C)(C)C(C)(C)C. The molecule has 1 amide bonds. The average Bonchev–Trinajstić information content (AvgIpc) is 3.16. The van der Waals surface area contributed by atoms with Crippen molar-refractivity contribution in [1.29, 1.82) is 0 Å². The van der Waals surface area contributed by atoms with Crippen molar-refractivity contribution in [3.8, 4) is 5.75 Å². The molecule has 0 radical (unpaired) electrons. The molecule has 0 saturated carbocycles. The Kier molecular flexibility index (Phi) is 10.1. The second-order valence-electron chi connectivity index (χ2n) is 11.2. The van der Waals surface area contributed by atoms with Crippen molar-refractivity contribution >= 4 is 20.2 Å². The second-order valence-corrected chi connectivity index (χ2v) is 15.9.